The fraction of sp³-hybridized carbons (Fsp3) is 0.286. The molecule has 1 aromatic rings. The number of ketones is 1. The third-order valence-electron chi connectivity index (χ3n) is 3.00. The molecule has 1 aromatic carbocycles. The SMILES string of the molecule is O=C(O)C=Cc1ccc(N2CCC(=O)CC2)cc1. The Morgan fingerprint density at radius 3 is 2.33 bits per heavy atom. The van der Waals surface area contributed by atoms with E-state index in [1.54, 1.807) is 6.08 Å². The van der Waals surface area contributed by atoms with E-state index in [9.17, 15) is 9.59 Å². The number of carboxylic acid groups (broad SMARTS) is 1. The summed E-state index contributed by atoms with van der Waals surface area (Å²) in [6.45, 7) is 1.53. The number of anilines is 1. The number of benzene rings is 1. The van der Waals surface area contributed by atoms with E-state index in [0.717, 1.165) is 30.4 Å². The lowest BCUT2D eigenvalue weighted by Crippen LogP contribution is -2.33. The average Bonchev–Trinajstić information content (AvgIpc) is 2.38. The minimum atomic E-state index is -0.950. The maximum atomic E-state index is 11.2. The molecule has 0 saturated carbocycles. The zero-order chi connectivity index (χ0) is 13.0. The van der Waals surface area contributed by atoms with Gasteiger partial charge in [-0.25, -0.2) is 4.79 Å². The van der Waals surface area contributed by atoms with Crippen molar-refractivity contribution in [3.8, 4) is 0 Å². The van der Waals surface area contributed by atoms with Gasteiger partial charge in [0.1, 0.15) is 5.78 Å². The van der Waals surface area contributed by atoms with Gasteiger partial charge < -0.3 is 10.0 Å². The van der Waals surface area contributed by atoms with Crippen molar-refractivity contribution in [2.24, 2.45) is 0 Å². The van der Waals surface area contributed by atoms with Crippen LogP contribution >= 0.6 is 0 Å². The highest BCUT2D eigenvalue weighted by Crippen LogP contribution is 2.19. The van der Waals surface area contributed by atoms with Crippen LogP contribution in [0.25, 0.3) is 6.08 Å². The van der Waals surface area contributed by atoms with Crippen molar-refractivity contribution in [3.63, 3.8) is 0 Å². The minimum Gasteiger partial charge on any atom is -0.478 e. The summed E-state index contributed by atoms with van der Waals surface area (Å²) in [4.78, 5) is 23.7. The van der Waals surface area contributed by atoms with Crippen LogP contribution in [0.3, 0.4) is 0 Å². The highest BCUT2D eigenvalue weighted by molar-refractivity contribution is 5.85. The van der Waals surface area contributed by atoms with Crippen LogP contribution in [-0.2, 0) is 9.59 Å². The summed E-state index contributed by atoms with van der Waals surface area (Å²) in [7, 11) is 0. The van der Waals surface area contributed by atoms with Gasteiger partial charge in [-0.2, -0.15) is 0 Å². The molecule has 0 amide bonds. The van der Waals surface area contributed by atoms with Crippen LogP contribution in [0.2, 0.25) is 0 Å². The fourth-order valence-corrected chi connectivity index (χ4v) is 1.98. The number of nitrogens with zero attached hydrogens (tertiary/aromatic N) is 1. The molecule has 18 heavy (non-hydrogen) atoms. The van der Waals surface area contributed by atoms with Crippen LogP contribution in [0, 0.1) is 0 Å². The number of Topliss-reactive ketones (excluding diaryl/α,β-unsaturated/α-hetero) is 1. The van der Waals surface area contributed by atoms with Crippen molar-refractivity contribution >= 4 is 23.5 Å². The van der Waals surface area contributed by atoms with Crippen molar-refractivity contribution in [2.75, 3.05) is 18.0 Å². The molecule has 4 heteroatoms. The highest BCUT2D eigenvalue weighted by Gasteiger charge is 2.15. The molecule has 0 aromatic heterocycles. The van der Waals surface area contributed by atoms with E-state index in [4.69, 9.17) is 5.11 Å². The van der Waals surface area contributed by atoms with Gasteiger partial charge in [0.15, 0.2) is 0 Å². The van der Waals surface area contributed by atoms with E-state index in [-0.39, 0.29) is 0 Å². The molecule has 0 radical (unpaired) electrons. The number of carboxylic acids is 1. The lowest BCUT2D eigenvalue weighted by Gasteiger charge is -2.28. The van der Waals surface area contributed by atoms with Gasteiger partial charge in [0.25, 0.3) is 0 Å². The van der Waals surface area contributed by atoms with E-state index in [1.165, 1.54) is 0 Å². The molecule has 0 spiro atoms. The molecule has 2 rings (SSSR count). The van der Waals surface area contributed by atoms with Crippen LogP contribution < -0.4 is 4.90 Å². The maximum Gasteiger partial charge on any atom is 0.328 e. The summed E-state index contributed by atoms with van der Waals surface area (Å²) < 4.78 is 0. The summed E-state index contributed by atoms with van der Waals surface area (Å²) >= 11 is 0. The van der Waals surface area contributed by atoms with Gasteiger partial charge in [0.05, 0.1) is 0 Å². The predicted molar refractivity (Wildman–Crippen MR) is 69.6 cm³/mol. The third-order valence-corrected chi connectivity index (χ3v) is 3.00. The highest BCUT2D eigenvalue weighted by atomic mass is 16.4. The third kappa shape index (κ3) is 3.20. The van der Waals surface area contributed by atoms with Crippen LogP contribution in [-0.4, -0.2) is 29.9 Å². The van der Waals surface area contributed by atoms with Crippen LogP contribution in [0.15, 0.2) is 30.3 Å². The molecule has 1 fully saturated rings. The summed E-state index contributed by atoms with van der Waals surface area (Å²) in [6.07, 6.45) is 3.90. The Balaban J connectivity index is 2.03. The molecule has 0 atom stereocenters. The van der Waals surface area contributed by atoms with Crippen LogP contribution in [0.1, 0.15) is 18.4 Å². The number of piperidine rings is 1. The Bertz CT molecular complexity index is 466. The van der Waals surface area contributed by atoms with Crippen molar-refractivity contribution < 1.29 is 14.7 Å². The molecule has 1 saturated heterocycles. The number of hydrogen-bond acceptors (Lipinski definition) is 3. The number of hydrogen-bond donors (Lipinski definition) is 1. The van der Waals surface area contributed by atoms with E-state index < -0.39 is 5.97 Å². The molecular formula is C14H15NO3. The Morgan fingerprint density at radius 1 is 1.17 bits per heavy atom. The van der Waals surface area contributed by atoms with Gasteiger partial charge in [-0.05, 0) is 23.8 Å². The summed E-state index contributed by atoms with van der Waals surface area (Å²) in [5, 5.41) is 8.53. The van der Waals surface area contributed by atoms with Gasteiger partial charge in [-0.1, -0.05) is 12.1 Å². The van der Waals surface area contributed by atoms with E-state index in [1.807, 2.05) is 24.3 Å². The Morgan fingerprint density at radius 2 is 1.78 bits per heavy atom. The molecule has 0 aliphatic carbocycles. The van der Waals surface area contributed by atoms with Gasteiger partial charge in [-0.3, -0.25) is 4.79 Å². The number of rotatable bonds is 3. The zero-order valence-corrected chi connectivity index (χ0v) is 10.0. The molecule has 1 aliphatic heterocycles. The lowest BCUT2D eigenvalue weighted by molar-refractivity contribution is -0.131. The number of carbonyl (C=O) groups is 2. The minimum absolute atomic E-state index is 0.326. The van der Waals surface area contributed by atoms with E-state index in [0.29, 0.717) is 18.6 Å². The smallest absolute Gasteiger partial charge is 0.328 e. The topological polar surface area (TPSA) is 57.6 Å². The first kappa shape index (κ1) is 12.4. The number of aliphatic carboxylic acids is 1. The molecule has 0 unspecified atom stereocenters. The molecule has 1 aliphatic rings. The standard InChI is InChI=1S/C14H15NO3/c16-13-7-9-15(10-8-13)12-4-1-11(2-5-12)3-6-14(17)18/h1-6H,7-10H2,(H,17,18). The molecule has 4 nitrogen and oxygen atoms in total. The van der Waals surface area contributed by atoms with Gasteiger partial charge in [0, 0.05) is 37.7 Å². The maximum absolute atomic E-state index is 11.2. The average molecular weight is 245 g/mol. The predicted octanol–water partition coefficient (Wildman–Crippen LogP) is 1.95. The molecule has 1 heterocycles. The van der Waals surface area contributed by atoms with Crippen molar-refractivity contribution in [2.45, 2.75) is 12.8 Å². The second kappa shape index (κ2) is 5.49. The summed E-state index contributed by atoms with van der Waals surface area (Å²) in [5.41, 5.74) is 1.93. The Labute approximate surface area is 106 Å². The van der Waals surface area contributed by atoms with Gasteiger partial charge in [0.2, 0.25) is 0 Å². The monoisotopic (exact) mass is 245 g/mol. The fourth-order valence-electron chi connectivity index (χ4n) is 1.98. The van der Waals surface area contributed by atoms with E-state index >= 15 is 0 Å². The second-order valence-corrected chi connectivity index (χ2v) is 4.29. The first-order valence-electron chi connectivity index (χ1n) is 5.93. The number of carbonyl (C=O) groups excluding carboxylic acids is 1. The summed E-state index contributed by atoms with van der Waals surface area (Å²) in [5.74, 6) is -0.624. The Hall–Kier alpha value is -2.10. The summed E-state index contributed by atoms with van der Waals surface area (Å²) in [6, 6.07) is 7.67. The first-order valence-corrected chi connectivity index (χ1v) is 5.93. The largest absolute Gasteiger partial charge is 0.478 e. The van der Waals surface area contributed by atoms with Crippen LogP contribution in [0.4, 0.5) is 5.69 Å². The molecule has 0 bridgehead atoms. The normalized spacial score (nSPS) is 16.2. The van der Waals surface area contributed by atoms with Crippen molar-refractivity contribution in [1.82, 2.24) is 0 Å². The van der Waals surface area contributed by atoms with Crippen molar-refractivity contribution in [3.05, 3.63) is 35.9 Å². The quantitative estimate of drug-likeness (QED) is 0.827. The second-order valence-electron chi connectivity index (χ2n) is 4.29. The van der Waals surface area contributed by atoms with Gasteiger partial charge >= 0.3 is 5.97 Å². The Kier molecular flexibility index (Phi) is 3.77. The lowest BCUT2D eigenvalue weighted by atomic mass is 10.1. The molecule has 1 N–H and O–H groups in total. The zero-order valence-electron chi connectivity index (χ0n) is 10.0. The van der Waals surface area contributed by atoms with E-state index in [2.05, 4.69) is 4.90 Å². The first-order chi connectivity index (χ1) is 8.65. The van der Waals surface area contributed by atoms with Gasteiger partial charge in [-0.15, -0.1) is 0 Å². The molecular weight excluding hydrogens is 230 g/mol. The van der Waals surface area contributed by atoms with Crippen LogP contribution in [0.5, 0.6) is 0 Å². The van der Waals surface area contributed by atoms with Crippen molar-refractivity contribution in [1.29, 1.82) is 0 Å². The molecule has 94 valence electrons.